The van der Waals surface area contributed by atoms with Gasteiger partial charge in [-0.1, -0.05) is 48.5 Å². The van der Waals surface area contributed by atoms with Gasteiger partial charge in [0, 0.05) is 5.56 Å². The van der Waals surface area contributed by atoms with Crippen molar-refractivity contribution in [1.29, 1.82) is 5.26 Å². The lowest BCUT2D eigenvalue weighted by atomic mass is 10.1. The predicted octanol–water partition coefficient (Wildman–Crippen LogP) is 2.81. The first-order valence-electron chi connectivity index (χ1n) is 5.38. The maximum absolute atomic E-state index is 9.33. The van der Waals surface area contributed by atoms with E-state index in [4.69, 9.17) is 4.84 Å². The third kappa shape index (κ3) is 1.47. The molecule has 0 aliphatic carbocycles. The normalized spacial score (nSPS) is 21.9. The molecule has 0 saturated carbocycles. The maximum Gasteiger partial charge on any atom is 0.302 e. The number of hydrogen-bond acceptors (Lipinski definition) is 3. The van der Waals surface area contributed by atoms with Crippen LogP contribution in [0.1, 0.15) is 5.56 Å². The lowest BCUT2D eigenvalue weighted by Gasteiger charge is -2.04. The molecule has 0 bridgehead atoms. The summed E-state index contributed by atoms with van der Waals surface area (Å²) in [4.78, 5) is 5.50. The highest BCUT2D eigenvalue weighted by molar-refractivity contribution is 5.55. The molecule has 1 saturated heterocycles. The number of nitriles is 1. The molecule has 0 radical (unpaired) electrons. The zero-order chi connectivity index (χ0) is 11.7. The van der Waals surface area contributed by atoms with Crippen LogP contribution < -0.4 is 5.06 Å². The summed E-state index contributed by atoms with van der Waals surface area (Å²) in [6, 6.07) is 21.3. The van der Waals surface area contributed by atoms with Crippen LogP contribution in [0.5, 0.6) is 0 Å². The summed E-state index contributed by atoms with van der Waals surface area (Å²) in [6.45, 7) is 0. The Morgan fingerprint density at radius 3 is 2.12 bits per heavy atom. The third-order valence-corrected chi connectivity index (χ3v) is 2.78. The summed E-state index contributed by atoms with van der Waals surface area (Å²) in [5.41, 5.74) is 0.784. The highest BCUT2D eigenvalue weighted by Crippen LogP contribution is 2.47. The molecule has 1 aliphatic heterocycles. The van der Waals surface area contributed by atoms with Crippen molar-refractivity contribution in [1.82, 2.24) is 0 Å². The molecule has 2 aromatic rings. The predicted molar refractivity (Wildman–Crippen MR) is 63.7 cm³/mol. The Balaban J connectivity index is 1.97. The average Bonchev–Trinajstić information content (AvgIpc) is 3.17. The van der Waals surface area contributed by atoms with Crippen molar-refractivity contribution in [2.45, 2.75) is 5.72 Å². The van der Waals surface area contributed by atoms with Crippen LogP contribution >= 0.6 is 0 Å². The van der Waals surface area contributed by atoms with Crippen molar-refractivity contribution in [3.63, 3.8) is 0 Å². The molecular weight excluding hydrogens is 212 g/mol. The Kier molecular flexibility index (Phi) is 2.10. The van der Waals surface area contributed by atoms with Gasteiger partial charge in [-0.3, -0.25) is 0 Å². The van der Waals surface area contributed by atoms with Gasteiger partial charge in [-0.2, -0.15) is 10.3 Å². The Bertz CT molecular complexity index is 562. The fraction of sp³-hybridized carbons (Fsp3) is 0.0714. The molecule has 1 aliphatic rings. The Morgan fingerprint density at radius 1 is 0.941 bits per heavy atom. The number of hydrogen-bond donors (Lipinski definition) is 0. The highest BCUT2D eigenvalue weighted by atomic mass is 16.9. The van der Waals surface area contributed by atoms with Crippen LogP contribution in [-0.2, 0) is 10.6 Å². The first-order chi connectivity index (χ1) is 8.37. The molecule has 2 aromatic carbocycles. The molecule has 1 fully saturated rings. The van der Waals surface area contributed by atoms with E-state index in [0.29, 0.717) is 0 Å². The van der Waals surface area contributed by atoms with Gasteiger partial charge in [0.05, 0.1) is 5.69 Å². The molecule has 1 atom stereocenters. The van der Waals surface area contributed by atoms with E-state index in [9.17, 15) is 5.26 Å². The molecule has 3 nitrogen and oxygen atoms in total. The second kappa shape index (κ2) is 3.62. The van der Waals surface area contributed by atoms with Crippen LogP contribution in [0.4, 0.5) is 5.69 Å². The monoisotopic (exact) mass is 222 g/mol. The Hall–Kier alpha value is -2.31. The molecule has 0 amide bonds. The average molecular weight is 222 g/mol. The summed E-state index contributed by atoms with van der Waals surface area (Å²) < 4.78 is 0. The van der Waals surface area contributed by atoms with Gasteiger partial charge >= 0.3 is 5.72 Å². The van der Waals surface area contributed by atoms with Gasteiger partial charge in [0.25, 0.3) is 0 Å². The topological polar surface area (TPSA) is 39.3 Å². The lowest BCUT2D eigenvalue weighted by molar-refractivity contribution is 0.355. The SMILES string of the molecule is N#CC1(c2ccccc2)ON1c1ccccc1. The van der Waals surface area contributed by atoms with Crippen LogP contribution in [0.25, 0.3) is 0 Å². The van der Waals surface area contributed by atoms with Gasteiger partial charge in [-0.25, -0.2) is 4.84 Å². The largest absolute Gasteiger partial charge is 0.302 e. The Morgan fingerprint density at radius 2 is 1.53 bits per heavy atom. The molecular formula is C14H10N2O. The van der Waals surface area contributed by atoms with Gasteiger partial charge in [-0.05, 0) is 12.1 Å². The zero-order valence-electron chi connectivity index (χ0n) is 9.08. The van der Waals surface area contributed by atoms with E-state index >= 15 is 0 Å². The molecule has 3 heteroatoms. The van der Waals surface area contributed by atoms with Crippen LogP contribution in [0.2, 0.25) is 0 Å². The molecule has 17 heavy (non-hydrogen) atoms. The van der Waals surface area contributed by atoms with Crippen molar-refractivity contribution in [2.24, 2.45) is 0 Å². The minimum Gasteiger partial charge on any atom is -0.217 e. The summed E-state index contributed by atoms with van der Waals surface area (Å²) in [7, 11) is 0. The van der Waals surface area contributed by atoms with Crippen LogP contribution in [-0.4, -0.2) is 0 Å². The fourth-order valence-corrected chi connectivity index (χ4v) is 1.87. The maximum atomic E-state index is 9.33. The van der Waals surface area contributed by atoms with Gasteiger partial charge in [0.2, 0.25) is 0 Å². The molecule has 0 aromatic heterocycles. The second-order valence-corrected chi connectivity index (χ2v) is 3.84. The molecule has 82 valence electrons. The van der Waals surface area contributed by atoms with E-state index < -0.39 is 5.72 Å². The summed E-state index contributed by atoms with van der Waals surface area (Å²) in [5, 5.41) is 11.0. The van der Waals surface area contributed by atoms with E-state index in [-0.39, 0.29) is 0 Å². The minimum atomic E-state index is -0.956. The Labute approximate surface area is 99.4 Å². The van der Waals surface area contributed by atoms with E-state index in [1.54, 1.807) is 5.06 Å². The van der Waals surface area contributed by atoms with Crippen molar-refractivity contribution in [3.8, 4) is 6.07 Å². The standard InChI is InChI=1S/C14H10N2O/c15-11-14(12-7-3-1-4-8-12)16(17-14)13-9-5-2-6-10-13/h1-10H. The van der Waals surface area contributed by atoms with Crippen LogP contribution in [0.3, 0.4) is 0 Å². The number of benzene rings is 2. The van der Waals surface area contributed by atoms with E-state index in [1.165, 1.54) is 0 Å². The van der Waals surface area contributed by atoms with E-state index in [0.717, 1.165) is 11.3 Å². The van der Waals surface area contributed by atoms with Gasteiger partial charge in [0.15, 0.2) is 0 Å². The summed E-state index contributed by atoms with van der Waals surface area (Å²) in [6.07, 6.45) is 0. The minimum absolute atomic E-state index is 0.853. The first kappa shape index (κ1) is 9.88. The number of rotatable bonds is 2. The molecule has 1 heterocycles. The summed E-state index contributed by atoms with van der Waals surface area (Å²) in [5.74, 6) is 0. The highest BCUT2D eigenvalue weighted by Gasteiger charge is 2.58. The van der Waals surface area contributed by atoms with Crippen molar-refractivity contribution < 1.29 is 4.84 Å². The van der Waals surface area contributed by atoms with Crippen molar-refractivity contribution in [3.05, 3.63) is 66.2 Å². The second-order valence-electron chi connectivity index (χ2n) is 3.84. The quantitative estimate of drug-likeness (QED) is 0.733. The van der Waals surface area contributed by atoms with Crippen LogP contribution in [0.15, 0.2) is 60.7 Å². The first-order valence-corrected chi connectivity index (χ1v) is 5.38. The smallest absolute Gasteiger partial charge is 0.217 e. The van der Waals surface area contributed by atoms with Crippen molar-refractivity contribution >= 4 is 5.69 Å². The van der Waals surface area contributed by atoms with Crippen LogP contribution in [0, 0.1) is 11.3 Å². The van der Waals surface area contributed by atoms with Gasteiger partial charge in [-0.15, -0.1) is 0 Å². The number of para-hydroxylation sites is 1. The van der Waals surface area contributed by atoms with E-state index in [2.05, 4.69) is 6.07 Å². The summed E-state index contributed by atoms with van der Waals surface area (Å²) >= 11 is 0. The molecule has 3 rings (SSSR count). The van der Waals surface area contributed by atoms with Crippen molar-refractivity contribution in [2.75, 3.05) is 5.06 Å². The fourth-order valence-electron chi connectivity index (χ4n) is 1.87. The number of anilines is 1. The third-order valence-electron chi connectivity index (χ3n) is 2.78. The molecule has 0 N–H and O–H groups in total. The lowest BCUT2D eigenvalue weighted by Crippen LogP contribution is -2.13. The number of hydroxylamine groups is 1. The molecule has 0 spiro atoms. The zero-order valence-corrected chi connectivity index (χ0v) is 9.08. The number of nitrogens with zero attached hydrogens (tertiary/aromatic N) is 2. The molecule has 1 unspecified atom stereocenters. The van der Waals surface area contributed by atoms with Gasteiger partial charge in [0.1, 0.15) is 6.07 Å². The van der Waals surface area contributed by atoms with Gasteiger partial charge < -0.3 is 0 Å². The van der Waals surface area contributed by atoms with E-state index in [1.807, 2.05) is 60.7 Å².